The number of piperidine rings is 1. The van der Waals surface area contributed by atoms with E-state index in [1.165, 1.54) is 0 Å². The number of halogens is 3. The lowest BCUT2D eigenvalue weighted by Crippen LogP contribution is -2.49. The normalized spacial score (nSPS) is 27.1. The van der Waals surface area contributed by atoms with Gasteiger partial charge in [0.2, 0.25) is 0 Å². The molecule has 0 aliphatic carbocycles. The van der Waals surface area contributed by atoms with Crippen LogP contribution in [0.5, 0.6) is 0 Å². The van der Waals surface area contributed by atoms with E-state index in [2.05, 4.69) is 17.1 Å². The van der Waals surface area contributed by atoms with Crippen LogP contribution in [-0.2, 0) is 4.74 Å². The molecule has 6 heteroatoms. The van der Waals surface area contributed by atoms with Crippen LogP contribution in [0, 0.1) is 11.8 Å². The summed E-state index contributed by atoms with van der Waals surface area (Å²) in [4.78, 5) is 2.19. The number of alkyl halides is 3. The summed E-state index contributed by atoms with van der Waals surface area (Å²) in [6.45, 7) is 6.64. The van der Waals surface area contributed by atoms with Crippen LogP contribution in [0.2, 0.25) is 0 Å². The number of hydrogen-bond acceptors (Lipinski definition) is 3. The Bertz CT molecular complexity index is 298. The van der Waals surface area contributed by atoms with Crippen LogP contribution in [-0.4, -0.2) is 56.5 Å². The molecule has 0 spiro atoms. The molecular formula is C15H27F3N2O. The topological polar surface area (TPSA) is 24.5 Å². The summed E-state index contributed by atoms with van der Waals surface area (Å²) in [6.07, 6.45) is -1.41. The van der Waals surface area contributed by atoms with Gasteiger partial charge in [0, 0.05) is 25.1 Å². The third-order valence-corrected chi connectivity index (χ3v) is 4.70. The molecule has 3 nitrogen and oxygen atoms in total. The molecule has 2 fully saturated rings. The van der Waals surface area contributed by atoms with Gasteiger partial charge >= 0.3 is 6.18 Å². The summed E-state index contributed by atoms with van der Waals surface area (Å²) >= 11 is 0. The molecule has 0 aromatic heterocycles. The van der Waals surface area contributed by atoms with Crippen LogP contribution < -0.4 is 5.32 Å². The molecule has 2 atom stereocenters. The molecule has 2 aliphatic heterocycles. The first-order chi connectivity index (χ1) is 10.0. The van der Waals surface area contributed by atoms with Crippen molar-refractivity contribution in [2.75, 3.05) is 39.4 Å². The summed E-state index contributed by atoms with van der Waals surface area (Å²) in [7, 11) is 0. The fourth-order valence-electron chi connectivity index (χ4n) is 3.30. The van der Waals surface area contributed by atoms with Gasteiger partial charge in [0.25, 0.3) is 0 Å². The first-order valence-corrected chi connectivity index (χ1v) is 8.11. The van der Waals surface area contributed by atoms with E-state index < -0.39 is 12.1 Å². The summed E-state index contributed by atoms with van der Waals surface area (Å²) in [5.41, 5.74) is 0. The second kappa shape index (κ2) is 7.79. The number of likely N-dealkylation sites (tertiary alicyclic amines) is 1. The van der Waals surface area contributed by atoms with Crippen molar-refractivity contribution in [1.29, 1.82) is 0 Å². The van der Waals surface area contributed by atoms with Gasteiger partial charge in [-0.05, 0) is 45.3 Å². The van der Waals surface area contributed by atoms with Gasteiger partial charge in [-0.15, -0.1) is 0 Å². The predicted octanol–water partition coefficient (Wildman–Crippen LogP) is 2.67. The molecule has 2 heterocycles. The van der Waals surface area contributed by atoms with Gasteiger partial charge in [0.15, 0.2) is 0 Å². The second-order valence-electron chi connectivity index (χ2n) is 6.30. The van der Waals surface area contributed by atoms with Crippen molar-refractivity contribution in [3.8, 4) is 0 Å². The molecule has 0 bridgehead atoms. The van der Waals surface area contributed by atoms with E-state index in [1.54, 1.807) is 0 Å². The van der Waals surface area contributed by atoms with E-state index in [-0.39, 0.29) is 12.8 Å². The van der Waals surface area contributed by atoms with Gasteiger partial charge in [0.1, 0.15) is 0 Å². The predicted molar refractivity (Wildman–Crippen MR) is 76.2 cm³/mol. The summed E-state index contributed by atoms with van der Waals surface area (Å²) in [5.74, 6) is -0.609. The molecule has 2 aliphatic rings. The first-order valence-electron chi connectivity index (χ1n) is 8.11. The van der Waals surface area contributed by atoms with Gasteiger partial charge in [-0.3, -0.25) is 0 Å². The Hall–Kier alpha value is -0.330. The number of ether oxygens (including phenoxy) is 1. The molecule has 21 heavy (non-hydrogen) atoms. The third kappa shape index (κ3) is 5.11. The second-order valence-corrected chi connectivity index (χ2v) is 6.30. The lowest BCUT2D eigenvalue weighted by Gasteiger charge is -2.36. The standard InChI is InChI=1S/C15H27F3N2O/c1-2-6-19-14(12-5-9-21-11-12)10-20-7-3-13(4-8-20)15(16,17)18/h12-14,19H,2-11H2,1H3. The number of rotatable bonds is 6. The highest BCUT2D eigenvalue weighted by atomic mass is 19.4. The summed E-state index contributed by atoms with van der Waals surface area (Å²) in [5, 5.41) is 3.56. The minimum atomic E-state index is -4.02. The molecule has 0 amide bonds. The SMILES string of the molecule is CCCNC(CN1CCC(C(F)(F)F)CC1)C1CCOC1. The van der Waals surface area contributed by atoms with Crippen molar-refractivity contribution >= 4 is 0 Å². The largest absolute Gasteiger partial charge is 0.391 e. The van der Waals surface area contributed by atoms with Gasteiger partial charge < -0.3 is 15.0 Å². The molecule has 0 radical (unpaired) electrons. The summed E-state index contributed by atoms with van der Waals surface area (Å²) < 4.78 is 43.5. The Balaban J connectivity index is 1.80. The van der Waals surface area contributed by atoms with Gasteiger partial charge in [-0.1, -0.05) is 6.92 Å². The Morgan fingerprint density at radius 2 is 1.95 bits per heavy atom. The zero-order valence-electron chi connectivity index (χ0n) is 12.8. The molecule has 2 rings (SSSR count). The Kier molecular flexibility index (Phi) is 6.32. The Morgan fingerprint density at radius 1 is 1.24 bits per heavy atom. The van der Waals surface area contributed by atoms with Crippen molar-refractivity contribution in [1.82, 2.24) is 10.2 Å². The van der Waals surface area contributed by atoms with Gasteiger partial charge in [-0.2, -0.15) is 13.2 Å². The minimum absolute atomic E-state index is 0.241. The Morgan fingerprint density at radius 3 is 2.48 bits per heavy atom. The molecule has 1 N–H and O–H groups in total. The highest BCUT2D eigenvalue weighted by Gasteiger charge is 2.41. The molecule has 0 saturated carbocycles. The average molecular weight is 308 g/mol. The van der Waals surface area contributed by atoms with Crippen molar-refractivity contribution < 1.29 is 17.9 Å². The molecular weight excluding hydrogens is 281 g/mol. The van der Waals surface area contributed by atoms with Crippen LogP contribution in [0.1, 0.15) is 32.6 Å². The number of nitrogens with zero attached hydrogens (tertiary/aromatic N) is 1. The highest BCUT2D eigenvalue weighted by molar-refractivity contribution is 4.85. The maximum atomic E-state index is 12.7. The van der Waals surface area contributed by atoms with E-state index in [9.17, 15) is 13.2 Å². The molecule has 0 aromatic carbocycles. The van der Waals surface area contributed by atoms with E-state index in [1.807, 2.05) is 0 Å². The van der Waals surface area contributed by atoms with Gasteiger partial charge in [0.05, 0.1) is 12.5 Å². The van der Waals surface area contributed by atoms with E-state index in [4.69, 9.17) is 4.74 Å². The smallest absolute Gasteiger partial charge is 0.381 e. The van der Waals surface area contributed by atoms with Crippen LogP contribution >= 0.6 is 0 Å². The molecule has 2 unspecified atom stereocenters. The average Bonchev–Trinajstić information content (AvgIpc) is 2.97. The number of hydrogen-bond donors (Lipinski definition) is 1. The summed E-state index contributed by atoms with van der Waals surface area (Å²) in [6, 6.07) is 0.342. The molecule has 124 valence electrons. The lowest BCUT2D eigenvalue weighted by atomic mass is 9.94. The fraction of sp³-hybridized carbons (Fsp3) is 1.00. The highest BCUT2D eigenvalue weighted by Crippen LogP contribution is 2.34. The first kappa shape index (κ1) is 17.0. The van der Waals surface area contributed by atoms with E-state index in [0.29, 0.717) is 25.0 Å². The Labute approximate surface area is 125 Å². The van der Waals surface area contributed by atoms with E-state index >= 15 is 0 Å². The van der Waals surface area contributed by atoms with Crippen molar-refractivity contribution in [2.24, 2.45) is 11.8 Å². The third-order valence-electron chi connectivity index (χ3n) is 4.70. The fourth-order valence-corrected chi connectivity index (χ4v) is 3.30. The maximum Gasteiger partial charge on any atom is 0.391 e. The zero-order chi connectivity index (χ0) is 15.3. The van der Waals surface area contributed by atoms with Crippen molar-refractivity contribution in [3.05, 3.63) is 0 Å². The maximum absolute atomic E-state index is 12.7. The lowest BCUT2D eigenvalue weighted by molar-refractivity contribution is -0.185. The number of nitrogens with one attached hydrogen (secondary N) is 1. The molecule has 0 aromatic rings. The van der Waals surface area contributed by atoms with E-state index in [0.717, 1.165) is 39.1 Å². The monoisotopic (exact) mass is 308 g/mol. The minimum Gasteiger partial charge on any atom is -0.381 e. The van der Waals surface area contributed by atoms with Crippen LogP contribution in [0.4, 0.5) is 13.2 Å². The quantitative estimate of drug-likeness (QED) is 0.816. The molecule has 2 saturated heterocycles. The van der Waals surface area contributed by atoms with Crippen LogP contribution in [0.15, 0.2) is 0 Å². The van der Waals surface area contributed by atoms with Crippen molar-refractivity contribution in [2.45, 2.75) is 44.8 Å². The zero-order valence-corrected chi connectivity index (χ0v) is 12.8. The van der Waals surface area contributed by atoms with Crippen molar-refractivity contribution in [3.63, 3.8) is 0 Å². The van der Waals surface area contributed by atoms with Crippen LogP contribution in [0.25, 0.3) is 0 Å². The van der Waals surface area contributed by atoms with Crippen LogP contribution in [0.3, 0.4) is 0 Å². The van der Waals surface area contributed by atoms with Gasteiger partial charge in [-0.25, -0.2) is 0 Å².